The summed E-state index contributed by atoms with van der Waals surface area (Å²) in [6.45, 7) is 6.78. The number of likely N-dealkylation sites (tertiary alicyclic amines) is 1. The van der Waals surface area contributed by atoms with Crippen LogP contribution in [0, 0.1) is 6.92 Å². The third-order valence-electron chi connectivity index (χ3n) is 4.88. The van der Waals surface area contributed by atoms with Gasteiger partial charge in [0.05, 0.1) is 29.7 Å². The molecule has 1 aliphatic rings. The molecule has 2 heterocycles. The molecule has 2 N–H and O–H groups in total. The first kappa shape index (κ1) is 18.2. The Labute approximate surface area is 157 Å². The van der Waals surface area contributed by atoms with E-state index in [9.17, 15) is 4.79 Å². The molecule has 134 valence electrons. The van der Waals surface area contributed by atoms with Crippen LogP contribution in [-0.4, -0.2) is 36.7 Å². The van der Waals surface area contributed by atoms with Crippen LogP contribution < -0.4 is 10.2 Å². The van der Waals surface area contributed by atoms with Crippen LogP contribution in [0.3, 0.4) is 0 Å². The average molecular weight is 383 g/mol. The van der Waals surface area contributed by atoms with Crippen molar-refractivity contribution in [3.8, 4) is 11.3 Å². The monoisotopic (exact) mass is 382 g/mol. The SMILES string of the molecule is CC[NH+]1CCC[C@@H]1CNC(=O)c1c(-c2c(Cl)cccc2Cl)noc1C. The van der Waals surface area contributed by atoms with Crippen LogP contribution in [0.2, 0.25) is 10.0 Å². The molecule has 0 aliphatic carbocycles. The fourth-order valence-corrected chi connectivity index (χ4v) is 4.11. The highest BCUT2D eigenvalue weighted by Gasteiger charge is 2.29. The van der Waals surface area contributed by atoms with Crippen molar-refractivity contribution in [1.82, 2.24) is 10.5 Å². The molecule has 5 nitrogen and oxygen atoms in total. The molecule has 0 bridgehead atoms. The number of aryl methyl sites for hydroxylation is 1. The Hall–Kier alpha value is -1.56. The minimum atomic E-state index is -0.202. The van der Waals surface area contributed by atoms with E-state index in [0.717, 1.165) is 13.0 Å². The van der Waals surface area contributed by atoms with Crippen molar-refractivity contribution in [3.63, 3.8) is 0 Å². The summed E-state index contributed by atoms with van der Waals surface area (Å²) in [6.07, 6.45) is 2.34. The van der Waals surface area contributed by atoms with Crippen molar-refractivity contribution in [3.05, 3.63) is 39.6 Å². The van der Waals surface area contributed by atoms with Crippen LogP contribution in [0.5, 0.6) is 0 Å². The predicted molar refractivity (Wildman–Crippen MR) is 98.4 cm³/mol. The van der Waals surface area contributed by atoms with Crippen LogP contribution in [0.25, 0.3) is 11.3 Å². The second-order valence-corrected chi connectivity index (χ2v) is 7.18. The number of carbonyl (C=O) groups is 1. The Kier molecular flexibility index (Phi) is 5.67. The van der Waals surface area contributed by atoms with E-state index in [-0.39, 0.29) is 5.91 Å². The van der Waals surface area contributed by atoms with Gasteiger partial charge in [0.15, 0.2) is 0 Å². The number of hydrogen-bond donors (Lipinski definition) is 2. The summed E-state index contributed by atoms with van der Waals surface area (Å²) in [5.41, 5.74) is 1.30. The Morgan fingerprint density at radius 2 is 2.12 bits per heavy atom. The third kappa shape index (κ3) is 3.68. The molecule has 0 saturated carbocycles. The lowest BCUT2D eigenvalue weighted by Crippen LogP contribution is -3.14. The highest BCUT2D eigenvalue weighted by atomic mass is 35.5. The zero-order valence-electron chi connectivity index (χ0n) is 14.4. The van der Waals surface area contributed by atoms with Crippen molar-refractivity contribution < 1.29 is 14.2 Å². The van der Waals surface area contributed by atoms with Gasteiger partial charge in [-0.05, 0) is 26.0 Å². The quantitative estimate of drug-likeness (QED) is 0.835. The number of amides is 1. The van der Waals surface area contributed by atoms with Crippen molar-refractivity contribution in [1.29, 1.82) is 0 Å². The molecule has 0 spiro atoms. The van der Waals surface area contributed by atoms with Crippen LogP contribution in [0.4, 0.5) is 0 Å². The highest BCUT2D eigenvalue weighted by molar-refractivity contribution is 6.39. The summed E-state index contributed by atoms with van der Waals surface area (Å²) >= 11 is 12.5. The normalized spacial score (nSPS) is 20.0. The molecule has 2 atom stereocenters. The fourth-order valence-electron chi connectivity index (χ4n) is 3.53. The van der Waals surface area contributed by atoms with Crippen LogP contribution in [0.1, 0.15) is 35.9 Å². The largest absolute Gasteiger partial charge is 0.360 e. The van der Waals surface area contributed by atoms with Gasteiger partial charge in [0.25, 0.3) is 5.91 Å². The molecule has 7 heteroatoms. The smallest absolute Gasteiger partial charge is 0.257 e. The fraction of sp³-hybridized carbons (Fsp3) is 0.444. The zero-order chi connectivity index (χ0) is 18.0. The van der Waals surface area contributed by atoms with E-state index >= 15 is 0 Å². The first-order valence-corrected chi connectivity index (χ1v) is 9.32. The minimum Gasteiger partial charge on any atom is -0.360 e. The second kappa shape index (κ2) is 7.77. The minimum absolute atomic E-state index is 0.202. The number of aromatic nitrogens is 1. The van der Waals surface area contributed by atoms with E-state index in [1.807, 2.05) is 0 Å². The Morgan fingerprint density at radius 3 is 2.80 bits per heavy atom. The maximum Gasteiger partial charge on any atom is 0.257 e. The summed E-state index contributed by atoms with van der Waals surface area (Å²) in [4.78, 5) is 14.3. The van der Waals surface area contributed by atoms with Crippen molar-refractivity contribution in [2.24, 2.45) is 0 Å². The molecular formula is C18H22Cl2N3O2+. The average Bonchev–Trinajstić information content (AvgIpc) is 3.19. The lowest BCUT2D eigenvalue weighted by molar-refractivity contribution is -0.909. The summed E-state index contributed by atoms with van der Waals surface area (Å²) in [5, 5.41) is 7.94. The number of nitrogens with zero attached hydrogens (tertiary/aromatic N) is 1. The maximum absolute atomic E-state index is 12.8. The zero-order valence-corrected chi connectivity index (χ0v) is 15.9. The number of halogens is 2. The van der Waals surface area contributed by atoms with E-state index in [2.05, 4.69) is 17.4 Å². The van der Waals surface area contributed by atoms with Gasteiger partial charge in [-0.2, -0.15) is 0 Å². The number of nitrogens with one attached hydrogen (secondary N) is 2. The lowest BCUT2D eigenvalue weighted by Gasteiger charge is -2.20. The molecule has 1 aromatic heterocycles. The van der Waals surface area contributed by atoms with Gasteiger partial charge in [-0.25, -0.2) is 0 Å². The summed E-state index contributed by atoms with van der Waals surface area (Å²) < 4.78 is 5.26. The highest BCUT2D eigenvalue weighted by Crippen LogP contribution is 2.36. The molecule has 1 amide bonds. The standard InChI is InChI=1S/C18H21Cl2N3O2/c1-3-23-9-5-6-12(23)10-21-18(24)15-11(2)25-22-17(15)16-13(19)7-4-8-14(16)20/h4,7-8,12H,3,5-6,9-10H2,1-2H3,(H,21,24)/p+1/t12-/m1/s1. The molecule has 0 radical (unpaired) electrons. The van der Waals surface area contributed by atoms with Crippen LogP contribution in [0.15, 0.2) is 22.7 Å². The van der Waals surface area contributed by atoms with Gasteiger partial charge in [-0.3, -0.25) is 4.79 Å². The van der Waals surface area contributed by atoms with E-state index in [0.29, 0.717) is 45.2 Å². The number of hydrogen-bond acceptors (Lipinski definition) is 3. The van der Waals surface area contributed by atoms with Gasteiger partial charge in [0.1, 0.15) is 23.1 Å². The van der Waals surface area contributed by atoms with Gasteiger partial charge >= 0.3 is 0 Å². The molecule has 1 saturated heterocycles. The summed E-state index contributed by atoms with van der Waals surface area (Å²) in [6, 6.07) is 5.65. The molecule has 1 fully saturated rings. The van der Waals surface area contributed by atoms with Gasteiger partial charge in [-0.15, -0.1) is 0 Å². The molecule has 2 aromatic rings. The Morgan fingerprint density at radius 1 is 1.40 bits per heavy atom. The van der Waals surface area contributed by atoms with Gasteiger partial charge in [-0.1, -0.05) is 34.4 Å². The number of carbonyl (C=O) groups excluding carboxylic acids is 1. The van der Waals surface area contributed by atoms with Crippen molar-refractivity contribution in [2.75, 3.05) is 19.6 Å². The lowest BCUT2D eigenvalue weighted by atomic mass is 10.1. The van der Waals surface area contributed by atoms with Gasteiger partial charge in [0, 0.05) is 18.4 Å². The molecular weight excluding hydrogens is 361 g/mol. The number of quaternary nitrogens is 1. The molecule has 3 rings (SSSR count). The van der Waals surface area contributed by atoms with E-state index in [4.69, 9.17) is 27.7 Å². The number of likely N-dealkylation sites (N-methyl/N-ethyl adjacent to an activating group) is 1. The molecule has 1 aromatic carbocycles. The topological polar surface area (TPSA) is 59.6 Å². The Bertz CT molecular complexity index is 755. The molecule has 1 unspecified atom stereocenters. The van der Waals surface area contributed by atoms with E-state index in [1.165, 1.54) is 17.9 Å². The maximum atomic E-state index is 12.8. The van der Waals surface area contributed by atoms with E-state index < -0.39 is 0 Å². The second-order valence-electron chi connectivity index (χ2n) is 6.37. The Balaban J connectivity index is 1.83. The summed E-state index contributed by atoms with van der Waals surface area (Å²) in [7, 11) is 0. The van der Waals surface area contributed by atoms with Crippen LogP contribution >= 0.6 is 23.2 Å². The molecule has 1 aliphatic heterocycles. The first-order valence-electron chi connectivity index (χ1n) is 8.56. The van der Waals surface area contributed by atoms with Crippen molar-refractivity contribution >= 4 is 29.1 Å². The van der Waals surface area contributed by atoms with Crippen LogP contribution in [-0.2, 0) is 0 Å². The van der Waals surface area contributed by atoms with Gasteiger partial charge in [0.2, 0.25) is 0 Å². The van der Waals surface area contributed by atoms with Crippen molar-refractivity contribution in [2.45, 2.75) is 32.7 Å². The summed E-state index contributed by atoms with van der Waals surface area (Å²) in [5.74, 6) is 0.252. The van der Waals surface area contributed by atoms with Gasteiger partial charge < -0.3 is 14.7 Å². The molecule has 25 heavy (non-hydrogen) atoms. The van der Waals surface area contributed by atoms with E-state index in [1.54, 1.807) is 25.1 Å². The third-order valence-corrected chi connectivity index (χ3v) is 5.51. The number of rotatable bonds is 5. The predicted octanol–water partition coefficient (Wildman–Crippen LogP) is 2.75. The number of benzene rings is 1. The first-order chi connectivity index (χ1) is 12.0.